The van der Waals surface area contributed by atoms with Gasteiger partial charge in [0.2, 0.25) is 0 Å². The first-order valence-corrected chi connectivity index (χ1v) is 17.9. The highest BCUT2D eigenvalue weighted by Crippen LogP contribution is 2.53. The van der Waals surface area contributed by atoms with Crippen LogP contribution < -0.4 is 0 Å². The van der Waals surface area contributed by atoms with E-state index in [1.54, 1.807) is 0 Å². The fourth-order valence-corrected chi connectivity index (χ4v) is 9.23. The van der Waals surface area contributed by atoms with E-state index in [0.717, 1.165) is 0 Å². The van der Waals surface area contributed by atoms with E-state index in [4.69, 9.17) is 0 Å². The number of benzene rings is 8. The van der Waals surface area contributed by atoms with Crippen LogP contribution in [0.25, 0.3) is 88.0 Å². The van der Waals surface area contributed by atoms with Crippen molar-refractivity contribution < 1.29 is 0 Å². The van der Waals surface area contributed by atoms with Crippen molar-refractivity contribution in [3.63, 3.8) is 0 Å². The second-order valence-corrected chi connectivity index (χ2v) is 14.5. The lowest BCUT2D eigenvalue weighted by molar-refractivity contribution is 0.666. The van der Waals surface area contributed by atoms with Crippen LogP contribution in [-0.2, 0) is 5.41 Å². The Morgan fingerprint density at radius 3 is 1.88 bits per heavy atom. The summed E-state index contributed by atoms with van der Waals surface area (Å²) in [5, 5.41) is 7.68. The number of rotatable bonds is 3. The molecule has 0 spiro atoms. The van der Waals surface area contributed by atoms with E-state index < -0.39 is 0 Å². The Bertz CT molecular complexity index is 3040. The Morgan fingerprint density at radius 1 is 0.412 bits per heavy atom. The molecule has 0 radical (unpaired) electrons. The Labute approximate surface area is 296 Å². The molecule has 1 aliphatic carbocycles. The summed E-state index contributed by atoms with van der Waals surface area (Å²) in [6, 6.07) is 62.7. The minimum absolute atomic E-state index is 0.141. The fourth-order valence-electron chi connectivity index (χ4n) is 9.23. The zero-order chi connectivity index (χ0) is 33.8. The maximum atomic E-state index is 2.51. The topological polar surface area (TPSA) is 9.86 Å². The Hall–Kier alpha value is -6.38. The summed E-state index contributed by atoms with van der Waals surface area (Å²) in [6.45, 7) is 4.80. The van der Waals surface area contributed by atoms with Crippen molar-refractivity contribution >= 4 is 54.4 Å². The normalized spacial score (nSPS) is 13.5. The molecule has 1 aliphatic rings. The van der Waals surface area contributed by atoms with Crippen molar-refractivity contribution in [3.05, 3.63) is 181 Å². The summed E-state index contributed by atoms with van der Waals surface area (Å²) < 4.78 is 4.89. The van der Waals surface area contributed by atoms with Crippen LogP contribution in [0.3, 0.4) is 0 Å². The molecular formula is C49H34N2. The van der Waals surface area contributed by atoms with Gasteiger partial charge in [-0.15, -0.1) is 0 Å². The van der Waals surface area contributed by atoms with E-state index in [1.807, 2.05) is 0 Å². The second-order valence-electron chi connectivity index (χ2n) is 14.5. The number of para-hydroxylation sites is 2. The van der Waals surface area contributed by atoms with Gasteiger partial charge < -0.3 is 9.13 Å². The van der Waals surface area contributed by atoms with Gasteiger partial charge in [0.15, 0.2) is 0 Å². The van der Waals surface area contributed by atoms with E-state index in [-0.39, 0.29) is 5.41 Å². The molecule has 0 N–H and O–H groups in total. The van der Waals surface area contributed by atoms with Crippen LogP contribution in [-0.4, -0.2) is 9.13 Å². The summed E-state index contributed by atoms with van der Waals surface area (Å²) in [4.78, 5) is 0. The average Bonchev–Trinajstić information content (AvgIpc) is 3.77. The maximum absolute atomic E-state index is 2.51. The summed E-state index contributed by atoms with van der Waals surface area (Å²) in [5.74, 6) is 0. The van der Waals surface area contributed by atoms with Crippen molar-refractivity contribution in [1.29, 1.82) is 0 Å². The van der Waals surface area contributed by atoms with Gasteiger partial charge in [-0.05, 0) is 93.4 Å². The van der Waals surface area contributed by atoms with Crippen LogP contribution in [0.1, 0.15) is 25.0 Å². The smallest absolute Gasteiger partial charge is 0.0544 e. The van der Waals surface area contributed by atoms with Gasteiger partial charge in [-0.2, -0.15) is 0 Å². The summed E-state index contributed by atoms with van der Waals surface area (Å²) >= 11 is 0. The molecule has 10 aromatic rings. The van der Waals surface area contributed by atoms with Gasteiger partial charge in [0.05, 0.1) is 27.8 Å². The molecule has 0 bridgehead atoms. The molecule has 0 fully saturated rings. The molecule has 2 heteroatoms. The van der Waals surface area contributed by atoms with E-state index >= 15 is 0 Å². The highest BCUT2D eigenvalue weighted by Gasteiger charge is 2.38. The highest BCUT2D eigenvalue weighted by molar-refractivity contribution is 6.16. The van der Waals surface area contributed by atoms with E-state index in [2.05, 4.69) is 193 Å². The molecular weight excluding hydrogens is 617 g/mol. The van der Waals surface area contributed by atoms with E-state index in [1.165, 1.54) is 99.1 Å². The molecule has 0 aliphatic heterocycles. The van der Waals surface area contributed by atoms with Gasteiger partial charge in [-0.1, -0.05) is 129 Å². The third-order valence-corrected chi connectivity index (χ3v) is 11.5. The van der Waals surface area contributed by atoms with E-state index in [9.17, 15) is 0 Å². The summed E-state index contributed by atoms with van der Waals surface area (Å²) in [5.41, 5.74) is 15.1. The van der Waals surface area contributed by atoms with Gasteiger partial charge in [-0.3, -0.25) is 0 Å². The highest BCUT2D eigenvalue weighted by atomic mass is 15.0. The van der Waals surface area contributed by atoms with Crippen molar-refractivity contribution in [3.8, 4) is 33.6 Å². The number of aromatic nitrogens is 2. The standard InChI is InChI=1S/C49H34N2/c1-49(2)41-20-10-8-18-36(41)38-25-28-46-47(48(38)49)40-30-33(24-27-45(40)51(46)42-22-12-14-31-13-6-7-17-35(31)42)32-23-26-44-39(29-32)37-19-9-11-21-43(37)50(44)34-15-4-3-5-16-34/h3-30H,1-2H3. The Morgan fingerprint density at radius 2 is 1.04 bits per heavy atom. The molecule has 11 rings (SSSR count). The Kier molecular flexibility index (Phi) is 5.76. The lowest BCUT2D eigenvalue weighted by atomic mass is 9.80. The Balaban J connectivity index is 1.21. The first-order valence-electron chi connectivity index (χ1n) is 17.9. The van der Waals surface area contributed by atoms with Crippen molar-refractivity contribution in [2.45, 2.75) is 19.3 Å². The van der Waals surface area contributed by atoms with Gasteiger partial charge >= 0.3 is 0 Å². The van der Waals surface area contributed by atoms with Crippen LogP contribution in [0.4, 0.5) is 0 Å². The number of hydrogen-bond acceptors (Lipinski definition) is 0. The van der Waals surface area contributed by atoms with Crippen LogP contribution in [0.2, 0.25) is 0 Å². The molecule has 0 unspecified atom stereocenters. The quantitative estimate of drug-likeness (QED) is 0.180. The first kappa shape index (κ1) is 28.5. The second kappa shape index (κ2) is 10.3. The molecule has 2 aromatic heterocycles. The largest absolute Gasteiger partial charge is 0.309 e. The van der Waals surface area contributed by atoms with Gasteiger partial charge in [0.1, 0.15) is 0 Å². The lowest BCUT2D eigenvalue weighted by Crippen LogP contribution is -2.15. The van der Waals surface area contributed by atoms with Crippen LogP contribution in [0, 0.1) is 0 Å². The minimum Gasteiger partial charge on any atom is -0.309 e. The van der Waals surface area contributed by atoms with E-state index in [0.29, 0.717) is 0 Å². The molecule has 2 nitrogen and oxygen atoms in total. The monoisotopic (exact) mass is 650 g/mol. The molecule has 0 atom stereocenters. The van der Waals surface area contributed by atoms with Gasteiger partial charge in [0.25, 0.3) is 0 Å². The molecule has 2 heterocycles. The van der Waals surface area contributed by atoms with Crippen molar-refractivity contribution in [2.24, 2.45) is 0 Å². The maximum Gasteiger partial charge on any atom is 0.0544 e. The molecule has 0 amide bonds. The summed E-state index contributed by atoms with van der Waals surface area (Å²) in [7, 11) is 0. The van der Waals surface area contributed by atoms with Crippen LogP contribution in [0.5, 0.6) is 0 Å². The first-order chi connectivity index (χ1) is 25.1. The average molecular weight is 651 g/mol. The van der Waals surface area contributed by atoms with Crippen molar-refractivity contribution in [1.82, 2.24) is 9.13 Å². The van der Waals surface area contributed by atoms with Crippen LogP contribution in [0.15, 0.2) is 170 Å². The molecule has 0 saturated carbocycles. The van der Waals surface area contributed by atoms with Crippen LogP contribution >= 0.6 is 0 Å². The predicted molar refractivity (Wildman–Crippen MR) is 216 cm³/mol. The molecule has 0 saturated heterocycles. The lowest BCUT2D eigenvalue weighted by Gasteiger charge is -2.22. The fraction of sp³-hybridized carbons (Fsp3) is 0.0612. The third kappa shape index (κ3) is 3.88. The summed E-state index contributed by atoms with van der Waals surface area (Å²) in [6.07, 6.45) is 0. The predicted octanol–water partition coefficient (Wildman–Crippen LogP) is 13.0. The van der Waals surface area contributed by atoms with Gasteiger partial charge in [-0.25, -0.2) is 0 Å². The SMILES string of the molecule is CC1(C)c2ccccc2-c2ccc3c(c21)c1cc(-c2ccc4c(c2)c2ccccc2n4-c2ccccc2)ccc1n3-c1cccc2ccccc12. The minimum atomic E-state index is -0.141. The molecule has 51 heavy (non-hydrogen) atoms. The number of hydrogen-bond donors (Lipinski definition) is 0. The zero-order valence-corrected chi connectivity index (χ0v) is 28.6. The number of fused-ring (bicyclic) bond motifs is 11. The van der Waals surface area contributed by atoms with Crippen molar-refractivity contribution in [2.75, 3.05) is 0 Å². The third-order valence-electron chi connectivity index (χ3n) is 11.5. The molecule has 240 valence electrons. The molecule has 8 aromatic carbocycles. The zero-order valence-electron chi connectivity index (χ0n) is 28.6. The number of nitrogens with zero attached hydrogens (tertiary/aromatic N) is 2. The van der Waals surface area contributed by atoms with Gasteiger partial charge in [0, 0.05) is 38.0 Å².